The third-order valence-electron chi connectivity index (χ3n) is 2.72. The fourth-order valence-corrected chi connectivity index (χ4v) is 1.82. The number of nitrogens with zero attached hydrogens (tertiary/aromatic N) is 3. The van der Waals surface area contributed by atoms with Gasteiger partial charge in [0.05, 0.1) is 25.0 Å². The molecule has 0 amide bonds. The van der Waals surface area contributed by atoms with Gasteiger partial charge in [-0.25, -0.2) is 0 Å². The van der Waals surface area contributed by atoms with E-state index in [1.54, 1.807) is 24.2 Å². The number of hydrogen-bond acceptors (Lipinski definition) is 4. The first-order valence-corrected chi connectivity index (χ1v) is 5.36. The predicted octanol–water partition coefficient (Wildman–Crippen LogP) is 1.18. The van der Waals surface area contributed by atoms with Gasteiger partial charge in [-0.2, -0.15) is 5.10 Å². The molecule has 0 bridgehead atoms. The van der Waals surface area contributed by atoms with Crippen LogP contribution in [0, 0.1) is 6.92 Å². The predicted molar refractivity (Wildman–Crippen MR) is 64.8 cm³/mol. The van der Waals surface area contributed by atoms with Gasteiger partial charge < -0.3 is 10.5 Å². The largest absolute Gasteiger partial charge is 0.495 e. The number of methoxy groups -OCH3 is 1. The van der Waals surface area contributed by atoms with Gasteiger partial charge in [0.25, 0.3) is 0 Å². The molecule has 5 nitrogen and oxygen atoms in total. The minimum Gasteiger partial charge on any atom is -0.495 e. The number of rotatable bonds is 3. The third kappa shape index (κ3) is 2.29. The van der Waals surface area contributed by atoms with Gasteiger partial charge in [-0.05, 0) is 18.6 Å². The molecule has 0 saturated heterocycles. The van der Waals surface area contributed by atoms with E-state index >= 15 is 0 Å². The summed E-state index contributed by atoms with van der Waals surface area (Å²) in [6, 6.07) is 1.66. The highest BCUT2D eigenvalue weighted by Crippen LogP contribution is 2.23. The van der Waals surface area contributed by atoms with Gasteiger partial charge in [0.2, 0.25) is 0 Å². The highest BCUT2D eigenvalue weighted by Gasteiger charge is 2.15. The van der Waals surface area contributed by atoms with E-state index in [0.29, 0.717) is 5.75 Å². The van der Waals surface area contributed by atoms with Crippen LogP contribution in [0.25, 0.3) is 0 Å². The van der Waals surface area contributed by atoms with Crippen LogP contribution in [-0.4, -0.2) is 21.9 Å². The lowest BCUT2D eigenvalue weighted by Crippen LogP contribution is -2.12. The molecule has 1 atom stereocenters. The number of hydrogen-bond donors (Lipinski definition) is 1. The molecule has 2 rings (SSSR count). The Morgan fingerprint density at radius 3 is 2.76 bits per heavy atom. The Labute approximate surface area is 100 Å². The van der Waals surface area contributed by atoms with Crippen molar-refractivity contribution in [3.05, 3.63) is 41.5 Å². The van der Waals surface area contributed by atoms with Crippen molar-refractivity contribution in [2.45, 2.75) is 13.0 Å². The molecule has 0 saturated carbocycles. The highest BCUT2D eigenvalue weighted by atomic mass is 16.5. The number of aryl methyl sites for hydroxylation is 2. The second-order valence-corrected chi connectivity index (χ2v) is 3.98. The maximum absolute atomic E-state index is 6.21. The van der Waals surface area contributed by atoms with Gasteiger partial charge in [0.1, 0.15) is 5.75 Å². The highest BCUT2D eigenvalue weighted by molar-refractivity contribution is 5.34. The van der Waals surface area contributed by atoms with E-state index in [4.69, 9.17) is 10.5 Å². The van der Waals surface area contributed by atoms with E-state index in [0.717, 1.165) is 16.8 Å². The van der Waals surface area contributed by atoms with Crippen LogP contribution in [0.1, 0.15) is 22.9 Å². The summed E-state index contributed by atoms with van der Waals surface area (Å²) in [7, 11) is 3.49. The molecule has 2 aromatic rings. The van der Waals surface area contributed by atoms with Gasteiger partial charge in [0, 0.05) is 25.0 Å². The summed E-state index contributed by atoms with van der Waals surface area (Å²) in [6.07, 6.45) is 5.34. The van der Waals surface area contributed by atoms with Crippen LogP contribution in [0.4, 0.5) is 0 Å². The maximum atomic E-state index is 6.21. The first-order valence-electron chi connectivity index (χ1n) is 5.36. The quantitative estimate of drug-likeness (QED) is 0.863. The Bertz CT molecular complexity index is 521. The summed E-state index contributed by atoms with van der Waals surface area (Å²) in [4.78, 5) is 4.11. The van der Waals surface area contributed by atoms with E-state index in [2.05, 4.69) is 10.1 Å². The summed E-state index contributed by atoms with van der Waals surface area (Å²) in [6.45, 7) is 1.95. The van der Waals surface area contributed by atoms with Crippen LogP contribution in [-0.2, 0) is 7.05 Å². The molecule has 17 heavy (non-hydrogen) atoms. The van der Waals surface area contributed by atoms with Crippen molar-refractivity contribution in [3.8, 4) is 5.75 Å². The molecule has 2 heterocycles. The van der Waals surface area contributed by atoms with E-state index in [-0.39, 0.29) is 6.04 Å². The van der Waals surface area contributed by atoms with Crippen LogP contribution in [0.5, 0.6) is 5.75 Å². The Balaban J connectivity index is 2.36. The standard InChI is InChI=1S/C12H16N4O/c1-8-11(7-16(2)15-8)12(13)9-4-10(17-3)6-14-5-9/h4-7,12H,13H2,1-3H3. The van der Waals surface area contributed by atoms with Crippen molar-refractivity contribution >= 4 is 0 Å². The van der Waals surface area contributed by atoms with E-state index < -0.39 is 0 Å². The maximum Gasteiger partial charge on any atom is 0.137 e. The molecule has 90 valence electrons. The first-order chi connectivity index (χ1) is 8.11. The third-order valence-corrected chi connectivity index (χ3v) is 2.72. The van der Waals surface area contributed by atoms with Gasteiger partial charge in [0.15, 0.2) is 0 Å². The van der Waals surface area contributed by atoms with Gasteiger partial charge in [-0.1, -0.05) is 0 Å². The molecule has 1 unspecified atom stereocenters. The Kier molecular flexibility index (Phi) is 3.10. The summed E-state index contributed by atoms with van der Waals surface area (Å²) < 4.78 is 6.90. The molecule has 2 N–H and O–H groups in total. The topological polar surface area (TPSA) is 66.0 Å². The molecule has 5 heteroatoms. The van der Waals surface area contributed by atoms with E-state index in [1.807, 2.05) is 26.2 Å². The fourth-order valence-electron chi connectivity index (χ4n) is 1.82. The summed E-state index contributed by atoms with van der Waals surface area (Å²) in [5.74, 6) is 0.708. The van der Waals surface area contributed by atoms with E-state index in [1.165, 1.54) is 0 Å². The van der Waals surface area contributed by atoms with Gasteiger partial charge >= 0.3 is 0 Å². The average molecular weight is 232 g/mol. The molecule has 0 spiro atoms. The lowest BCUT2D eigenvalue weighted by molar-refractivity contribution is 0.412. The molecule has 0 aliphatic rings. The Morgan fingerprint density at radius 2 is 2.18 bits per heavy atom. The zero-order chi connectivity index (χ0) is 12.4. The van der Waals surface area contributed by atoms with Crippen molar-refractivity contribution in [1.29, 1.82) is 0 Å². The van der Waals surface area contributed by atoms with Crippen LogP contribution in [0.3, 0.4) is 0 Å². The monoisotopic (exact) mass is 232 g/mol. The van der Waals surface area contributed by atoms with Gasteiger partial charge in [-0.15, -0.1) is 0 Å². The normalized spacial score (nSPS) is 12.5. The SMILES string of the molecule is COc1cncc(C(N)c2cn(C)nc2C)c1. The molecule has 0 radical (unpaired) electrons. The van der Waals surface area contributed by atoms with Crippen molar-refractivity contribution in [3.63, 3.8) is 0 Å². The van der Waals surface area contributed by atoms with Crippen molar-refractivity contribution in [1.82, 2.24) is 14.8 Å². The Hall–Kier alpha value is -1.88. The molecule has 2 aromatic heterocycles. The summed E-state index contributed by atoms with van der Waals surface area (Å²) in [5.41, 5.74) is 9.06. The molecular weight excluding hydrogens is 216 g/mol. The minimum atomic E-state index is -0.230. The fraction of sp³-hybridized carbons (Fsp3) is 0.333. The number of nitrogens with two attached hydrogens (primary N) is 1. The lowest BCUT2D eigenvalue weighted by Gasteiger charge is -2.11. The van der Waals surface area contributed by atoms with Crippen LogP contribution >= 0.6 is 0 Å². The second-order valence-electron chi connectivity index (χ2n) is 3.98. The van der Waals surface area contributed by atoms with Crippen molar-refractivity contribution < 1.29 is 4.74 Å². The molecule has 0 fully saturated rings. The van der Waals surface area contributed by atoms with Crippen LogP contribution in [0.2, 0.25) is 0 Å². The number of aromatic nitrogens is 3. The second kappa shape index (κ2) is 4.55. The Morgan fingerprint density at radius 1 is 1.41 bits per heavy atom. The zero-order valence-corrected chi connectivity index (χ0v) is 10.2. The first kappa shape index (κ1) is 11.6. The molecule has 0 aliphatic heterocycles. The zero-order valence-electron chi connectivity index (χ0n) is 10.2. The lowest BCUT2D eigenvalue weighted by atomic mass is 10.0. The van der Waals surface area contributed by atoms with E-state index in [9.17, 15) is 0 Å². The summed E-state index contributed by atoms with van der Waals surface area (Å²) in [5, 5.41) is 4.29. The van der Waals surface area contributed by atoms with Gasteiger partial charge in [-0.3, -0.25) is 9.67 Å². The summed E-state index contributed by atoms with van der Waals surface area (Å²) >= 11 is 0. The average Bonchev–Trinajstić information content (AvgIpc) is 2.67. The van der Waals surface area contributed by atoms with Crippen molar-refractivity contribution in [2.24, 2.45) is 12.8 Å². The number of pyridine rings is 1. The molecular formula is C12H16N4O. The van der Waals surface area contributed by atoms with Crippen molar-refractivity contribution in [2.75, 3.05) is 7.11 Å². The van der Waals surface area contributed by atoms with Crippen LogP contribution < -0.4 is 10.5 Å². The smallest absolute Gasteiger partial charge is 0.137 e. The van der Waals surface area contributed by atoms with Crippen LogP contribution in [0.15, 0.2) is 24.7 Å². The molecule has 0 aliphatic carbocycles. The minimum absolute atomic E-state index is 0.230. The number of ether oxygens (including phenoxy) is 1. The molecule has 0 aromatic carbocycles.